The summed E-state index contributed by atoms with van der Waals surface area (Å²) in [6, 6.07) is 11.0. The van der Waals surface area contributed by atoms with Crippen molar-refractivity contribution in [2.24, 2.45) is 0 Å². The molecule has 0 aliphatic carbocycles. The van der Waals surface area contributed by atoms with E-state index in [-0.39, 0.29) is 24.9 Å². The lowest BCUT2D eigenvalue weighted by atomic mass is 10.1. The number of nitrogens with one attached hydrogen (secondary N) is 2. The third-order valence-corrected chi connectivity index (χ3v) is 4.46. The molecule has 3 rings (SSSR count). The highest BCUT2D eigenvalue weighted by Crippen LogP contribution is 2.25. The van der Waals surface area contributed by atoms with Crippen molar-refractivity contribution in [3.05, 3.63) is 63.6 Å². The summed E-state index contributed by atoms with van der Waals surface area (Å²) in [4.78, 5) is 37.5. The fraction of sp³-hybridized carbons (Fsp3) is 0.167. The lowest BCUT2D eigenvalue weighted by molar-refractivity contribution is 0.0653. The number of carbonyl (C=O) groups is 3. The van der Waals surface area contributed by atoms with Gasteiger partial charge in [-0.2, -0.15) is 0 Å². The molecule has 0 radical (unpaired) electrons. The molecule has 134 valence electrons. The number of rotatable bonds is 5. The molecule has 0 fully saturated rings. The van der Waals surface area contributed by atoms with E-state index in [2.05, 4.69) is 10.6 Å². The maximum Gasteiger partial charge on any atom is 0.319 e. The minimum atomic E-state index is -0.448. The predicted octanol–water partition coefficient (Wildman–Crippen LogP) is 3.80. The summed E-state index contributed by atoms with van der Waals surface area (Å²) in [6.45, 7) is 0.516. The second-order valence-electron chi connectivity index (χ2n) is 5.67. The Morgan fingerprint density at radius 2 is 1.65 bits per heavy atom. The average Bonchev–Trinajstić information content (AvgIpc) is 2.87. The number of fused-ring (bicyclic) bond motifs is 1. The maximum absolute atomic E-state index is 12.2. The van der Waals surface area contributed by atoms with E-state index >= 15 is 0 Å². The second kappa shape index (κ2) is 7.76. The molecule has 0 spiro atoms. The Morgan fingerprint density at radius 1 is 1.00 bits per heavy atom. The molecule has 1 heterocycles. The highest BCUT2D eigenvalue weighted by Gasteiger charge is 2.34. The number of halogens is 2. The number of hydrogen-bond acceptors (Lipinski definition) is 3. The second-order valence-corrected chi connectivity index (χ2v) is 6.51. The Balaban J connectivity index is 1.47. The molecule has 0 atom stereocenters. The first-order chi connectivity index (χ1) is 12.5. The third kappa shape index (κ3) is 3.81. The summed E-state index contributed by atoms with van der Waals surface area (Å²) in [5.74, 6) is -0.610. The first kappa shape index (κ1) is 18.2. The van der Waals surface area contributed by atoms with E-state index in [9.17, 15) is 14.4 Å². The van der Waals surface area contributed by atoms with E-state index in [1.54, 1.807) is 42.5 Å². The Hall–Kier alpha value is -2.57. The van der Waals surface area contributed by atoms with Gasteiger partial charge in [-0.15, -0.1) is 0 Å². The van der Waals surface area contributed by atoms with Gasteiger partial charge in [-0.05, 0) is 36.8 Å². The summed E-state index contributed by atoms with van der Waals surface area (Å²) in [5.41, 5.74) is 1.23. The minimum Gasteiger partial charge on any atom is -0.338 e. The number of nitrogens with zero attached hydrogens (tertiary/aromatic N) is 1. The SMILES string of the molecule is O=C(NCCCN1C(=O)c2ccccc2C1=O)Nc1cc(Cl)ccc1Cl. The molecule has 26 heavy (non-hydrogen) atoms. The number of urea groups is 1. The summed E-state index contributed by atoms with van der Waals surface area (Å²) >= 11 is 11.8. The zero-order chi connectivity index (χ0) is 18.7. The van der Waals surface area contributed by atoms with Crippen LogP contribution in [0.2, 0.25) is 10.0 Å². The van der Waals surface area contributed by atoms with Crippen molar-refractivity contribution in [2.75, 3.05) is 18.4 Å². The molecule has 2 aromatic carbocycles. The van der Waals surface area contributed by atoms with Gasteiger partial charge in [0, 0.05) is 18.1 Å². The van der Waals surface area contributed by atoms with E-state index in [0.29, 0.717) is 33.3 Å². The Bertz CT molecular complexity index is 851. The average molecular weight is 392 g/mol. The highest BCUT2D eigenvalue weighted by atomic mass is 35.5. The largest absolute Gasteiger partial charge is 0.338 e. The van der Waals surface area contributed by atoms with Crippen molar-refractivity contribution in [3.63, 3.8) is 0 Å². The van der Waals surface area contributed by atoms with Crippen molar-refractivity contribution in [2.45, 2.75) is 6.42 Å². The van der Waals surface area contributed by atoms with Crippen LogP contribution in [0.3, 0.4) is 0 Å². The fourth-order valence-corrected chi connectivity index (χ4v) is 2.98. The van der Waals surface area contributed by atoms with E-state index in [4.69, 9.17) is 23.2 Å². The lowest BCUT2D eigenvalue weighted by Gasteiger charge is -2.14. The molecular weight excluding hydrogens is 377 g/mol. The van der Waals surface area contributed by atoms with Crippen LogP contribution in [0.4, 0.5) is 10.5 Å². The molecule has 0 unspecified atom stereocenters. The van der Waals surface area contributed by atoms with Crippen molar-refractivity contribution >= 4 is 46.7 Å². The molecule has 1 aliphatic heterocycles. The number of hydrogen-bond donors (Lipinski definition) is 2. The van der Waals surface area contributed by atoms with Crippen molar-refractivity contribution in [1.82, 2.24) is 10.2 Å². The van der Waals surface area contributed by atoms with Crippen LogP contribution < -0.4 is 10.6 Å². The highest BCUT2D eigenvalue weighted by molar-refractivity contribution is 6.35. The lowest BCUT2D eigenvalue weighted by Crippen LogP contribution is -2.35. The van der Waals surface area contributed by atoms with Gasteiger partial charge in [-0.25, -0.2) is 4.79 Å². The van der Waals surface area contributed by atoms with E-state index < -0.39 is 6.03 Å². The topological polar surface area (TPSA) is 78.5 Å². The zero-order valence-corrected chi connectivity index (χ0v) is 15.1. The van der Waals surface area contributed by atoms with Crippen LogP contribution in [0, 0.1) is 0 Å². The molecule has 0 saturated heterocycles. The smallest absolute Gasteiger partial charge is 0.319 e. The number of amides is 4. The van der Waals surface area contributed by atoms with Crippen LogP contribution in [0.25, 0.3) is 0 Å². The van der Waals surface area contributed by atoms with E-state index in [1.165, 1.54) is 4.90 Å². The van der Waals surface area contributed by atoms with Crippen molar-refractivity contribution in [1.29, 1.82) is 0 Å². The first-order valence-electron chi connectivity index (χ1n) is 7.92. The Labute approximate surface area is 160 Å². The van der Waals surface area contributed by atoms with Crippen LogP contribution in [-0.4, -0.2) is 35.8 Å². The van der Waals surface area contributed by atoms with Gasteiger partial charge in [-0.3, -0.25) is 14.5 Å². The predicted molar refractivity (Wildman–Crippen MR) is 99.9 cm³/mol. The molecule has 0 aromatic heterocycles. The summed E-state index contributed by atoms with van der Waals surface area (Å²) < 4.78 is 0. The molecule has 0 saturated carbocycles. The van der Waals surface area contributed by atoms with Crippen LogP contribution in [0.15, 0.2) is 42.5 Å². The van der Waals surface area contributed by atoms with Gasteiger partial charge in [0.05, 0.1) is 21.8 Å². The van der Waals surface area contributed by atoms with E-state index in [0.717, 1.165) is 0 Å². The minimum absolute atomic E-state index is 0.227. The molecule has 8 heteroatoms. The van der Waals surface area contributed by atoms with Gasteiger partial charge in [0.25, 0.3) is 11.8 Å². The normalized spacial score (nSPS) is 12.9. The van der Waals surface area contributed by atoms with Gasteiger partial charge < -0.3 is 10.6 Å². The number of anilines is 1. The molecular formula is C18H15Cl2N3O3. The van der Waals surface area contributed by atoms with Crippen LogP contribution in [0.1, 0.15) is 27.1 Å². The maximum atomic E-state index is 12.2. The standard InChI is InChI=1S/C18H15Cl2N3O3/c19-11-6-7-14(20)15(10-11)22-18(26)21-8-3-9-23-16(24)12-4-1-2-5-13(12)17(23)25/h1-2,4-7,10H,3,8-9H2,(H2,21,22,26). The Kier molecular flexibility index (Phi) is 5.44. The molecule has 1 aliphatic rings. The van der Waals surface area contributed by atoms with Crippen molar-refractivity contribution < 1.29 is 14.4 Å². The third-order valence-electron chi connectivity index (χ3n) is 3.90. The fourth-order valence-electron chi connectivity index (χ4n) is 2.64. The number of carbonyl (C=O) groups excluding carboxylic acids is 3. The first-order valence-corrected chi connectivity index (χ1v) is 8.68. The Morgan fingerprint density at radius 3 is 2.31 bits per heavy atom. The van der Waals surface area contributed by atoms with Gasteiger partial charge in [-0.1, -0.05) is 35.3 Å². The molecule has 4 amide bonds. The van der Waals surface area contributed by atoms with Crippen LogP contribution in [0.5, 0.6) is 0 Å². The molecule has 6 nitrogen and oxygen atoms in total. The summed E-state index contributed by atoms with van der Waals surface area (Å²) in [7, 11) is 0. The van der Waals surface area contributed by atoms with Crippen molar-refractivity contribution in [3.8, 4) is 0 Å². The quantitative estimate of drug-likeness (QED) is 0.600. The van der Waals surface area contributed by atoms with Gasteiger partial charge in [0.1, 0.15) is 0 Å². The van der Waals surface area contributed by atoms with Gasteiger partial charge >= 0.3 is 6.03 Å². The van der Waals surface area contributed by atoms with Gasteiger partial charge in [0.2, 0.25) is 0 Å². The molecule has 2 N–H and O–H groups in total. The molecule has 0 bridgehead atoms. The summed E-state index contributed by atoms with van der Waals surface area (Å²) in [6.07, 6.45) is 0.433. The monoisotopic (exact) mass is 391 g/mol. The van der Waals surface area contributed by atoms with E-state index in [1.807, 2.05) is 0 Å². The van der Waals surface area contributed by atoms with Crippen LogP contribution >= 0.6 is 23.2 Å². The summed E-state index contributed by atoms with van der Waals surface area (Å²) in [5, 5.41) is 6.07. The van der Waals surface area contributed by atoms with Crippen LogP contribution in [-0.2, 0) is 0 Å². The van der Waals surface area contributed by atoms with Gasteiger partial charge in [0.15, 0.2) is 0 Å². The number of imide groups is 1. The molecule has 2 aromatic rings. The number of benzene rings is 2. The zero-order valence-electron chi connectivity index (χ0n) is 13.6.